The third-order valence-corrected chi connectivity index (χ3v) is 5.28. The molecule has 1 aliphatic heterocycles. The van der Waals surface area contributed by atoms with Gasteiger partial charge in [-0.3, -0.25) is 18.9 Å². The second-order valence-electron chi connectivity index (χ2n) is 7.26. The molecule has 2 aliphatic rings. The number of rotatable bonds is 6. The summed E-state index contributed by atoms with van der Waals surface area (Å²) in [5, 5.41) is 0. The van der Waals surface area contributed by atoms with E-state index in [9.17, 15) is 9.59 Å². The third-order valence-electron chi connectivity index (χ3n) is 5.28. The van der Waals surface area contributed by atoms with Gasteiger partial charge in [-0.1, -0.05) is 6.92 Å². The van der Waals surface area contributed by atoms with Gasteiger partial charge in [-0.25, -0.2) is 4.98 Å². The Balaban J connectivity index is 1.57. The van der Waals surface area contributed by atoms with Crippen molar-refractivity contribution in [2.24, 2.45) is 5.92 Å². The first-order chi connectivity index (χ1) is 13.6. The molecule has 3 heterocycles. The van der Waals surface area contributed by atoms with Gasteiger partial charge in [0.15, 0.2) is 18.0 Å². The van der Waals surface area contributed by atoms with Crippen LogP contribution in [-0.4, -0.2) is 66.1 Å². The fraction of sp³-hybridized carbons (Fsp3) is 0.550. The van der Waals surface area contributed by atoms with E-state index in [0.29, 0.717) is 44.1 Å². The fourth-order valence-corrected chi connectivity index (χ4v) is 3.53. The summed E-state index contributed by atoms with van der Waals surface area (Å²) in [5.41, 5.74) is 1.46. The minimum atomic E-state index is -0.0613. The molecule has 0 unspecified atom stereocenters. The molecule has 1 aliphatic carbocycles. The third kappa shape index (κ3) is 3.56. The highest BCUT2D eigenvalue weighted by atomic mass is 16.5. The number of morpholine rings is 1. The highest BCUT2D eigenvalue weighted by Crippen LogP contribution is 2.34. The van der Waals surface area contributed by atoms with E-state index in [1.165, 1.54) is 0 Å². The molecule has 2 aromatic heterocycles. The van der Waals surface area contributed by atoms with Crippen LogP contribution in [0.5, 0.6) is 5.75 Å². The average Bonchev–Trinajstić information content (AvgIpc) is 3.51. The van der Waals surface area contributed by atoms with Gasteiger partial charge in [0.25, 0.3) is 5.91 Å². The number of carbonyl (C=O) groups excluding carboxylic acids is 2. The largest absolute Gasteiger partial charge is 0.480 e. The number of aryl methyl sites for hydroxylation is 1. The zero-order valence-electron chi connectivity index (χ0n) is 16.4. The van der Waals surface area contributed by atoms with Gasteiger partial charge in [-0.2, -0.15) is 0 Å². The second kappa shape index (κ2) is 7.79. The number of aromatic nitrogens is 2. The van der Waals surface area contributed by atoms with Crippen molar-refractivity contribution in [3.63, 3.8) is 0 Å². The summed E-state index contributed by atoms with van der Waals surface area (Å²) in [6.07, 6.45) is 4.49. The quantitative estimate of drug-likeness (QED) is 0.752. The van der Waals surface area contributed by atoms with Crippen LogP contribution in [-0.2, 0) is 20.7 Å². The van der Waals surface area contributed by atoms with Crippen molar-refractivity contribution in [3.05, 3.63) is 24.0 Å². The molecule has 8 nitrogen and oxygen atoms in total. The monoisotopic (exact) mass is 386 g/mol. The molecule has 0 atom stereocenters. The minimum absolute atomic E-state index is 0.0415. The first kappa shape index (κ1) is 18.7. The molecule has 0 bridgehead atoms. The highest BCUT2D eigenvalue weighted by molar-refractivity contribution is 5.96. The predicted molar refractivity (Wildman–Crippen MR) is 104 cm³/mol. The van der Waals surface area contributed by atoms with Crippen molar-refractivity contribution in [3.8, 4) is 5.75 Å². The number of nitrogens with zero attached hydrogens (tertiary/aromatic N) is 4. The molecular weight excluding hydrogens is 360 g/mol. The molecule has 8 heteroatoms. The molecule has 2 fully saturated rings. The molecule has 28 heavy (non-hydrogen) atoms. The van der Waals surface area contributed by atoms with E-state index in [1.807, 2.05) is 23.6 Å². The Morgan fingerprint density at radius 3 is 2.75 bits per heavy atom. The van der Waals surface area contributed by atoms with E-state index in [-0.39, 0.29) is 24.3 Å². The van der Waals surface area contributed by atoms with E-state index < -0.39 is 0 Å². The molecule has 1 saturated carbocycles. The second-order valence-corrected chi connectivity index (χ2v) is 7.26. The van der Waals surface area contributed by atoms with Crippen LogP contribution in [0.25, 0.3) is 5.65 Å². The Labute approximate surface area is 164 Å². The molecule has 1 saturated heterocycles. The highest BCUT2D eigenvalue weighted by Gasteiger charge is 2.34. The molecule has 0 spiro atoms. The molecule has 0 N–H and O–H groups in total. The van der Waals surface area contributed by atoms with Gasteiger partial charge < -0.3 is 14.4 Å². The predicted octanol–water partition coefficient (Wildman–Crippen LogP) is 1.51. The van der Waals surface area contributed by atoms with E-state index in [2.05, 4.69) is 0 Å². The van der Waals surface area contributed by atoms with Crippen molar-refractivity contribution in [2.75, 3.05) is 44.9 Å². The number of carbonyl (C=O) groups is 2. The van der Waals surface area contributed by atoms with Crippen LogP contribution in [0.1, 0.15) is 25.5 Å². The number of pyridine rings is 1. The van der Waals surface area contributed by atoms with Crippen molar-refractivity contribution >= 4 is 23.3 Å². The Kier molecular flexibility index (Phi) is 5.21. The maximum absolute atomic E-state index is 12.6. The Hall–Kier alpha value is -2.61. The first-order valence-electron chi connectivity index (χ1n) is 9.86. The first-order valence-corrected chi connectivity index (χ1v) is 9.86. The fourth-order valence-electron chi connectivity index (χ4n) is 3.53. The van der Waals surface area contributed by atoms with Crippen molar-refractivity contribution in [1.29, 1.82) is 0 Å². The maximum atomic E-state index is 12.6. The molecule has 0 aromatic carbocycles. The lowest BCUT2D eigenvalue weighted by Gasteiger charge is -2.26. The van der Waals surface area contributed by atoms with E-state index >= 15 is 0 Å². The standard InChI is InChI=1S/C20H26N4O4/c1-3-15-19(22(2)20(26)14-6-7-14)24-8-4-5-16(18(24)21-15)28-13-17(25)23-9-11-27-12-10-23/h4-5,8,14H,3,6-7,9-13H2,1-2H3. The number of hydrogen-bond donors (Lipinski definition) is 0. The van der Waals surface area contributed by atoms with Crippen molar-refractivity contribution < 1.29 is 19.1 Å². The van der Waals surface area contributed by atoms with Gasteiger partial charge in [-0.05, 0) is 31.4 Å². The zero-order chi connectivity index (χ0) is 19.7. The molecule has 2 aromatic rings. The summed E-state index contributed by atoms with van der Waals surface area (Å²) >= 11 is 0. The number of hydrogen-bond acceptors (Lipinski definition) is 5. The lowest BCUT2D eigenvalue weighted by molar-refractivity contribution is -0.137. The SMILES string of the molecule is CCc1nc2c(OCC(=O)N3CCOCC3)cccn2c1N(C)C(=O)C1CC1. The van der Waals surface area contributed by atoms with Crippen LogP contribution >= 0.6 is 0 Å². The van der Waals surface area contributed by atoms with Crippen molar-refractivity contribution in [2.45, 2.75) is 26.2 Å². The van der Waals surface area contributed by atoms with Gasteiger partial charge in [-0.15, -0.1) is 0 Å². The summed E-state index contributed by atoms with van der Waals surface area (Å²) in [5.74, 6) is 1.52. The molecule has 0 radical (unpaired) electrons. The van der Waals surface area contributed by atoms with E-state index in [4.69, 9.17) is 14.5 Å². The number of amides is 2. The summed E-state index contributed by atoms with van der Waals surface area (Å²) in [6.45, 7) is 4.28. The normalized spacial score (nSPS) is 17.0. The summed E-state index contributed by atoms with van der Waals surface area (Å²) < 4.78 is 13.0. The summed E-state index contributed by atoms with van der Waals surface area (Å²) in [4.78, 5) is 33.1. The lowest BCUT2D eigenvalue weighted by Crippen LogP contribution is -2.43. The van der Waals surface area contributed by atoms with Crippen LogP contribution in [0.3, 0.4) is 0 Å². The maximum Gasteiger partial charge on any atom is 0.260 e. The van der Waals surface area contributed by atoms with Crippen LogP contribution in [0, 0.1) is 5.92 Å². The Morgan fingerprint density at radius 2 is 2.07 bits per heavy atom. The summed E-state index contributed by atoms with van der Waals surface area (Å²) in [7, 11) is 1.80. The smallest absolute Gasteiger partial charge is 0.260 e. The van der Waals surface area contributed by atoms with Crippen LogP contribution in [0.4, 0.5) is 5.82 Å². The minimum Gasteiger partial charge on any atom is -0.480 e. The molecule has 150 valence electrons. The Morgan fingerprint density at radius 1 is 1.32 bits per heavy atom. The summed E-state index contributed by atoms with van der Waals surface area (Å²) in [6, 6.07) is 3.66. The number of fused-ring (bicyclic) bond motifs is 1. The Bertz CT molecular complexity index is 884. The van der Waals surface area contributed by atoms with E-state index in [1.54, 1.807) is 22.9 Å². The topological polar surface area (TPSA) is 76.4 Å². The molecular formula is C20H26N4O4. The van der Waals surface area contributed by atoms with E-state index in [0.717, 1.165) is 24.4 Å². The molecule has 2 amide bonds. The lowest BCUT2D eigenvalue weighted by atomic mass is 10.3. The van der Waals surface area contributed by atoms with Crippen LogP contribution < -0.4 is 9.64 Å². The van der Waals surface area contributed by atoms with Crippen LogP contribution in [0.15, 0.2) is 18.3 Å². The average molecular weight is 386 g/mol. The van der Waals surface area contributed by atoms with Crippen LogP contribution in [0.2, 0.25) is 0 Å². The number of ether oxygens (including phenoxy) is 2. The van der Waals surface area contributed by atoms with Gasteiger partial charge >= 0.3 is 0 Å². The van der Waals surface area contributed by atoms with Crippen molar-refractivity contribution in [1.82, 2.24) is 14.3 Å². The number of imidazole rings is 1. The van der Waals surface area contributed by atoms with Gasteiger partial charge in [0.1, 0.15) is 5.82 Å². The molecule has 4 rings (SSSR count). The van der Waals surface area contributed by atoms with Gasteiger partial charge in [0.05, 0.1) is 18.9 Å². The number of anilines is 1. The van der Waals surface area contributed by atoms with Gasteiger partial charge in [0, 0.05) is 32.3 Å². The van der Waals surface area contributed by atoms with Gasteiger partial charge in [0.2, 0.25) is 5.91 Å². The zero-order valence-corrected chi connectivity index (χ0v) is 16.4.